The van der Waals surface area contributed by atoms with E-state index in [1.54, 1.807) is 0 Å². The van der Waals surface area contributed by atoms with E-state index in [2.05, 4.69) is 46.6 Å². The van der Waals surface area contributed by atoms with Crippen LogP contribution in [-0.4, -0.2) is 23.9 Å². The lowest BCUT2D eigenvalue weighted by atomic mass is 9.71. The highest BCUT2D eigenvalue weighted by Crippen LogP contribution is 2.49. The summed E-state index contributed by atoms with van der Waals surface area (Å²) in [5, 5.41) is 3.30. The van der Waals surface area contributed by atoms with Gasteiger partial charge in [-0.1, -0.05) is 60.7 Å². The number of hydrogen-bond acceptors (Lipinski definition) is 2. The zero-order valence-corrected chi connectivity index (χ0v) is 14.2. The molecule has 126 valence electrons. The summed E-state index contributed by atoms with van der Waals surface area (Å²) in [6.07, 6.45) is 2.33. The minimum atomic E-state index is -0.165. The second-order valence-corrected chi connectivity index (χ2v) is 7.33. The smallest absolute Gasteiger partial charge is 0.232 e. The molecular weight excluding hydrogens is 308 g/mol. The zero-order valence-electron chi connectivity index (χ0n) is 14.2. The molecule has 2 aromatic carbocycles. The first-order valence-corrected chi connectivity index (χ1v) is 9.22. The van der Waals surface area contributed by atoms with E-state index in [9.17, 15) is 4.79 Å². The van der Waals surface area contributed by atoms with Crippen molar-refractivity contribution < 1.29 is 4.79 Å². The average Bonchev–Trinajstić information content (AvgIpc) is 2.69. The summed E-state index contributed by atoms with van der Waals surface area (Å²) in [7, 11) is 0. The van der Waals surface area contributed by atoms with Gasteiger partial charge in [0.2, 0.25) is 5.91 Å². The summed E-state index contributed by atoms with van der Waals surface area (Å²) in [6, 6.07) is 20.8. The van der Waals surface area contributed by atoms with Crippen LogP contribution in [0.4, 0.5) is 0 Å². The van der Waals surface area contributed by atoms with E-state index in [0.29, 0.717) is 5.92 Å². The predicted octanol–water partition coefficient (Wildman–Crippen LogP) is 3.62. The molecule has 1 saturated heterocycles. The second-order valence-electron chi connectivity index (χ2n) is 7.33. The van der Waals surface area contributed by atoms with Gasteiger partial charge in [0, 0.05) is 36.3 Å². The fourth-order valence-electron chi connectivity index (χ4n) is 4.85. The standard InChI is InChI=1S/C22H22N2O/c25-22-19(16-9-5-2-6-10-16)18(15-7-3-1-4-8-15)21-20(23-22)17-11-13-24(21)14-12-17/h1-10,17-19H,11-14H2,(H,23,25)/t18-,19-/m1/s1. The molecule has 6 rings (SSSR count). The molecule has 0 aromatic heterocycles. The van der Waals surface area contributed by atoms with Gasteiger partial charge >= 0.3 is 0 Å². The van der Waals surface area contributed by atoms with Crippen LogP contribution < -0.4 is 5.32 Å². The fraction of sp³-hybridized carbons (Fsp3) is 0.318. The Bertz CT molecular complexity index is 820. The zero-order chi connectivity index (χ0) is 16.8. The van der Waals surface area contributed by atoms with Gasteiger partial charge in [-0.3, -0.25) is 4.79 Å². The first-order chi connectivity index (χ1) is 12.3. The van der Waals surface area contributed by atoms with Gasteiger partial charge in [0.25, 0.3) is 0 Å². The van der Waals surface area contributed by atoms with Crippen LogP contribution in [0.3, 0.4) is 0 Å². The normalized spacial score (nSPS) is 25.8. The minimum Gasteiger partial charge on any atom is -0.373 e. The van der Waals surface area contributed by atoms with Gasteiger partial charge in [0.05, 0.1) is 5.92 Å². The maximum absolute atomic E-state index is 13.1. The molecule has 1 N–H and O–H groups in total. The SMILES string of the molecule is O=C1NC2=C([C@H](c3ccccc3)[C@H]1c1ccccc1)N1CCC2CC1. The van der Waals surface area contributed by atoms with Crippen molar-refractivity contribution in [2.45, 2.75) is 24.7 Å². The molecule has 2 atom stereocenters. The third-order valence-electron chi connectivity index (χ3n) is 6.01. The van der Waals surface area contributed by atoms with Crippen molar-refractivity contribution in [1.29, 1.82) is 0 Å². The molecule has 0 radical (unpaired) electrons. The Morgan fingerprint density at radius 3 is 1.96 bits per heavy atom. The van der Waals surface area contributed by atoms with E-state index in [1.165, 1.54) is 17.0 Å². The van der Waals surface area contributed by atoms with Gasteiger partial charge in [-0.05, 0) is 24.0 Å². The van der Waals surface area contributed by atoms with Gasteiger partial charge in [-0.15, -0.1) is 0 Å². The molecule has 3 heteroatoms. The van der Waals surface area contributed by atoms with E-state index in [4.69, 9.17) is 0 Å². The largest absolute Gasteiger partial charge is 0.373 e. The lowest BCUT2D eigenvalue weighted by Crippen LogP contribution is -2.52. The van der Waals surface area contributed by atoms with E-state index in [0.717, 1.165) is 31.5 Å². The number of carbonyl (C=O) groups excluding carboxylic acids is 1. The fourth-order valence-corrected chi connectivity index (χ4v) is 4.85. The summed E-state index contributed by atoms with van der Waals surface area (Å²) in [6.45, 7) is 2.23. The Labute approximate surface area is 148 Å². The summed E-state index contributed by atoms with van der Waals surface area (Å²) in [5.74, 6) is 0.608. The molecule has 4 aliphatic rings. The first kappa shape index (κ1) is 14.8. The maximum atomic E-state index is 13.1. The molecule has 0 spiro atoms. The number of allylic oxidation sites excluding steroid dienone is 2. The Morgan fingerprint density at radius 2 is 1.36 bits per heavy atom. The van der Waals surface area contributed by atoms with Crippen LogP contribution in [0.25, 0.3) is 0 Å². The average molecular weight is 330 g/mol. The number of hydrogen-bond donors (Lipinski definition) is 1. The molecule has 2 bridgehead atoms. The van der Waals surface area contributed by atoms with Crippen molar-refractivity contribution in [3.05, 3.63) is 83.2 Å². The molecular formula is C22H22N2O. The van der Waals surface area contributed by atoms with Crippen LogP contribution in [0.5, 0.6) is 0 Å². The van der Waals surface area contributed by atoms with Crippen molar-refractivity contribution in [1.82, 2.24) is 10.2 Å². The lowest BCUT2D eigenvalue weighted by Gasteiger charge is -2.50. The molecule has 4 heterocycles. The minimum absolute atomic E-state index is 0.107. The Hall–Kier alpha value is -2.55. The van der Waals surface area contributed by atoms with Gasteiger partial charge in [0.15, 0.2) is 0 Å². The van der Waals surface area contributed by atoms with Crippen LogP contribution in [0.1, 0.15) is 35.8 Å². The number of rotatable bonds is 2. The van der Waals surface area contributed by atoms with Crippen molar-refractivity contribution >= 4 is 5.91 Å². The number of fused-ring (bicyclic) bond motifs is 2. The van der Waals surface area contributed by atoms with E-state index in [-0.39, 0.29) is 17.7 Å². The van der Waals surface area contributed by atoms with E-state index in [1.807, 2.05) is 24.3 Å². The molecule has 3 nitrogen and oxygen atoms in total. The van der Waals surface area contributed by atoms with Crippen molar-refractivity contribution in [2.24, 2.45) is 5.92 Å². The Balaban J connectivity index is 1.71. The number of nitrogens with zero attached hydrogens (tertiary/aromatic N) is 1. The van der Waals surface area contributed by atoms with Gasteiger partial charge in [-0.2, -0.15) is 0 Å². The molecule has 0 saturated carbocycles. The van der Waals surface area contributed by atoms with Crippen molar-refractivity contribution in [2.75, 3.05) is 13.1 Å². The monoisotopic (exact) mass is 330 g/mol. The highest BCUT2D eigenvalue weighted by Gasteiger charge is 2.46. The van der Waals surface area contributed by atoms with Crippen LogP contribution in [0.15, 0.2) is 72.1 Å². The Kier molecular flexibility index (Phi) is 3.40. The van der Waals surface area contributed by atoms with Crippen LogP contribution in [-0.2, 0) is 4.79 Å². The van der Waals surface area contributed by atoms with Gasteiger partial charge in [0.1, 0.15) is 0 Å². The van der Waals surface area contributed by atoms with Crippen molar-refractivity contribution in [3.8, 4) is 0 Å². The first-order valence-electron chi connectivity index (χ1n) is 9.22. The highest BCUT2D eigenvalue weighted by molar-refractivity contribution is 5.89. The van der Waals surface area contributed by atoms with Crippen LogP contribution >= 0.6 is 0 Å². The molecule has 4 aliphatic heterocycles. The number of benzene rings is 2. The molecule has 2 aromatic rings. The van der Waals surface area contributed by atoms with E-state index >= 15 is 0 Å². The summed E-state index contributed by atoms with van der Waals surface area (Å²) < 4.78 is 0. The third kappa shape index (κ3) is 2.30. The number of nitrogens with one attached hydrogen (secondary N) is 1. The van der Waals surface area contributed by atoms with Crippen molar-refractivity contribution in [3.63, 3.8) is 0 Å². The molecule has 1 amide bonds. The van der Waals surface area contributed by atoms with Crippen LogP contribution in [0, 0.1) is 5.92 Å². The topological polar surface area (TPSA) is 32.3 Å². The Morgan fingerprint density at radius 1 is 0.800 bits per heavy atom. The third-order valence-corrected chi connectivity index (χ3v) is 6.01. The quantitative estimate of drug-likeness (QED) is 0.912. The number of piperidine rings is 1. The van der Waals surface area contributed by atoms with Crippen LogP contribution in [0.2, 0.25) is 0 Å². The number of carbonyl (C=O) groups is 1. The van der Waals surface area contributed by atoms with Gasteiger partial charge in [-0.25, -0.2) is 0 Å². The maximum Gasteiger partial charge on any atom is 0.232 e. The number of amides is 1. The predicted molar refractivity (Wildman–Crippen MR) is 97.8 cm³/mol. The van der Waals surface area contributed by atoms with E-state index < -0.39 is 0 Å². The summed E-state index contributed by atoms with van der Waals surface area (Å²) in [5.41, 5.74) is 4.90. The summed E-state index contributed by atoms with van der Waals surface area (Å²) in [4.78, 5) is 15.7. The molecule has 0 unspecified atom stereocenters. The molecule has 1 fully saturated rings. The highest BCUT2D eigenvalue weighted by atomic mass is 16.2. The molecule has 0 aliphatic carbocycles. The van der Waals surface area contributed by atoms with Gasteiger partial charge < -0.3 is 10.2 Å². The second kappa shape index (κ2) is 5.76. The molecule has 25 heavy (non-hydrogen) atoms. The summed E-state index contributed by atoms with van der Waals surface area (Å²) >= 11 is 0. The lowest BCUT2D eigenvalue weighted by molar-refractivity contribution is -0.123.